The lowest BCUT2D eigenvalue weighted by atomic mass is 10.1. The van der Waals surface area contributed by atoms with Crippen molar-refractivity contribution in [3.8, 4) is 11.3 Å². The lowest BCUT2D eigenvalue weighted by Crippen LogP contribution is -2.25. The number of carbonyl (C=O) groups is 1. The fourth-order valence-electron chi connectivity index (χ4n) is 3.32. The number of aromatic nitrogens is 3. The van der Waals surface area contributed by atoms with Gasteiger partial charge in [-0.3, -0.25) is 14.2 Å². The van der Waals surface area contributed by atoms with E-state index in [2.05, 4.69) is 26.7 Å². The van der Waals surface area contributed by atoms with Gasteiger partial charge in [-0.15, -0.1) is 0 Å². The van der Waals surface area contributed by atoms with Crippen molar-refractivity contribution in [2.75, 3.05) is 11.9 Å². The van der Waals surface area contributed by atoms with Crippen molar-refractivity contribution in [3.63, 3.8) is 0 Å². The van der Waals surface area contributed by atoms with Gasteiger partial charge in [0.25, 0.3) is 0 Å². The molecule has 0 saturated heterocycles. The lowest BCUT2D eigenvalue weighted by Gasteiger charge is -2.10. The van der Waals surface area contributed by atoms with E-state index in [4.69, 9.17) is 0 Å². The topological polar surface area (TPSA) is 71.3 Å². The molecule has 0 bridgehead atoms. The SMILES string of the molecule is Cc1cccc(CNC(=O)CCNc2c(-c3cccc(F)c3)nc3cnccn23)c1. The van der Waals surface area contributed by atoms with E-state index in [9.17, 15) is 9.18 Å². The van der Waals surface area contributed by atoms with Crippen molar-refractivity contribution in [3.05, 3.63) is 84.1 Å². The van der Waals surface area contributed by atoms with E-state index in [1.54, 1.807) is 30.7 Å². The Bertz CT molecular complexity index is 1190. The number of nitrogens with zero attached hydrogens (tertiary/aromatic N) is 3. The van der Waals surface area contributed by atoms with Crippen molar-refractivity contribution < 1.29 is 9.18 Å². The molecule has 2 aromatic carbocycles. The predicted molar refractivity (Wildman–Crippen MR) is 115 cm³/mol. The first-order chi connectivity index (χ1) is 14.6. The van der Waals surface area contributed by atoms with Crippen molar-refractivity contribution in [2.45, 2.75) is 19.9 Å². The third kappa shape index (κ3) is 4.46. The van der Waals surface area contributed by atoms with Crippen LogP contribution >= 0.6 is 0 Å². The van der Waals surface area contributed by atoms with Gasteiger partial charge >= 0.3 is 0 Å². The van der Waals surface area contributed by atoms with E-state index in [1.165, 1.54) is 12.1 Å². The summed E-state index contributed by atoms with van der Waals surface area (Å²) in [7, 11) is 0. The number of anilines is 1. The fourth-order valence-corrected chi connectivity index (χ4v) is 3.32. The minimum atomic E-state index is -0.329. The molecular weight excluding hydrogens is 381 g/mol. The first-order valence-electron chi connectivity index (χ1n) is 9.74. The summed E-state index contributed by atoms with van der Waals surface area (Å²) in [6.07, 6.45) is 5.38. The van der Waals surface area contributed by atoms with Crippen molar-refractivity contribution >= 4 is 17.4 Å². The van der Waals surface area contributed by atoms with Gasteiger partial charge in [-0.1, -0.05) is 42.0 Å². The molecule has 0 fully saturated rings. The molecule has 30 heavy (non-hydrogen) atoms. The van der Waals surface area contributed by atoms with Crippen LogP contribution in [0.1, 0.15) is 17.5 Å². The third-order valence-electron chi connectivity index (χ3n) is 4.74. The molecule has 0 unspecified atom stereocenters. The molecule has 2 N–H and O–H groups in total. The summed E-state index contributed by atoms with van der Waals surface area (Å²) in [5.74, 6) is 0.320. The van der Waals surface area contributed by atoms with Crippen LogP contribution in [0.3, 0.4) is 0 Å². The molecule has 0 spiro atoms. The lowest BCUT2D eigenvalue weighted by molar-refractivity contribution is -0.121. The van der Waals surface area contributed by atoms with Gasteiger partial charge in [0.15, 0.2) is 5.65 Å². The molecule has 2 aromatic heterocycles. The number of rotatable bonds is 7. The normalized spacial score (nSPS) is 10.9. The molecule has 2 heterocycles. The zero-order valence-electron chi connectivity index (χ0n) is 16.6. The van der Waals surface area contributed by atoms with E-state index >= 15 is 0 Å². The molecular formula is C23H22FN5O. The Hall–Kier alpha value is -3.74. The van der Waals surface area contributed by atoms with E-state index in [0.717, 1.165) is 11.1 Å². The summed E-state index contributed by atoms with van der Waals surface area (Å²) in [4.78, 5) is 20.9. The Morgan fingerprint density at radius 1 is 1.17 bits per heavy atom. The highest BCUT2D eigenvalue weighted by molar-refractivity contribution is 5.78. The first kappa shape index (κ1) is 19.6. The standard InChI is InChI=1S/C23H22FN5O/c1-16-4-2-5-17(12-16)14-27-21(30)8-9-26-23-22(18-6-3-7-19(24)13-18)28-20-15-25-10-11-29(20)23/h2-7,10-13,15,26H,8-9,14H2,1H3,(H,27,30). The van der Waals surface area contributed by atoms with Crippen LogP contribution in [0.25, 0.3) is 16.9 Å². The summed E-state index contributed by atoms with van der Waals surface area (Å²) >= 11 is 0. The molecule has 0 saturated carbocycles. The molecule has 0 radical (unpaired) electrons. The van der Waals surface area contributed by atoms with Crippen LogP contribution in [0.4, 0.5) is 10.2 Å². The zero-order valence-corrected chi connectivity index (χ0v) is 16.6. The number of hydrogen-bond acceptors (Lipinski definition) is 4. The number of imidazole rings is 1. The largest absolute Gasteiger partial charge is 0.369 e. The van der Waals surface area contributed by atoms with Crippen LogP contribution < -0.4 is 10.6 Å². The maximum Gasteiger partial charge on any atom is 0.222 e. The molecule has 7 heteroatoms. The maximum atomic E-state index is 13.7. The van der Waals surface area contributed by atoms with E-state index in [-0.39, 0.29) is 11.7 Å². The van der Waals surface area contributed by atoms with Crippen LogP contribution in [0, 0.1) is 12.7 Å². The fraction of sp³-hybridized carbons (Fsp3) is 0.174. The predicted octanol–water partition coefficient (Wildman–Crippen LogP) is 3.96. The number of fused-ring (bicyclic) bond motifs is 1. The molecule has 152 valence electrons. The maximum absolute atomic E-state index is 13.7. The average Bonchev–Trinajstić information content (AvgIpc) is 3.11. The highest BCUT2D eigenvalue weighted by Gasteiger charge is 2.15. The number of halogens is 1. The highest BCUT2D eigenvalue weighted by Crippen LogP contribution is 2.28. The van der Waals surface area contributed by atoms with Gasteiger partial charge in [0.1, 0.15) is 17.3 Å². The molecule has 1 amide bonds. The Morgan fingerprint density at radius 2 is 2.03 bits per heavy atom. The number of hydrogen-bond donors (Lipinski definition) is 2. The number of benzene rings is 2. The molecule has 4 aromatic rings. The number of nitrogens with one attached hydrogen (secondary N) is 2. The van der Waals surface area contributed by atoms with E-state index in [0.29, 0.717) is 42.2 Å². The second-order valence-electron chi connectivity index (χ2n) is 7.07. The number of aryl methyl sites for hydroxylation is 1. The van der Waals surface area contributed by atoms with Crippen molar-refractivity contribution in [1.82, 2.24) is 19.7 Å². The molecule has 4 rings (SSSR count). The van der Waals surface area contributed by atoms with Crippen LogP contribution in [-0.4, -0.2) is 26.8 Å². The monoisotopic (exact) mass is 403 g/mol. The summed E-state index contributed by atoms with van der Waals surface area (Å²) in [5.41, 5.74) is 4.14. The van der Waals surface area contributed by atoms with E-state index < -0.39 is 0 Å². The van der Waals surface area contributed by atoms with Crippen LogP contribution in [-0.2, 0) is 11.3 Å². The molecule has 0 aliphatic carbocycles. The minimum absolute atomic E-state index is 0.0493. The Kier molecular flexibility index (Phi) is 5.70. The Balaban J connectivity index is 1.44. The van der Waals surface area contributed by atoms with Gasteiger partial charge in [-0.2, -0.15) is 0 Å². The smallest absolute Gasteiger partial charge is 0.222 e. The van der Waals surface area contributed by atoms with Gasteiger partial charge in [0.2, 0.25) is 5.91 Å². The molecule has 0 aliphatic rings. The minimum Gasteiger partial charge on any atom is -0.369 e. The van der Waals surface area contributed by atoms with Gasteiger partial charge in [-0.25, -0.2) is 9.37 Å². The van der Waals surface area contributed by atoms with Gasteiger partial charge in [0.05, 0.1) is 6.20 Å². The summed E-state index contributed by atoms with van der Waals surface area (Å²) in [6, 6.07) is 14.3. The summed E-state index contributed by atoms with van der Waals surface area (Å²) in [6.45, 7) is 2.94. The quantitative estimate of drug-likeness (QED) is 0.490. The molecule has 6 nitrogen and oxygen atoms in total. The van der Waals surface area contributed by atoms with Crippen LogP contribution in [0.2, 0.25) is 0 Å². The zero-order chi connectivity index (χ0) is 20.9. The first-order valence-corrected chi connectivity index (χ1v) is 9.74. The highest BCUT2D eigenvalue weighted by atomic mass is 19.1. The van der Waals surface area contributed by atoms with E-state index in [1.807, 2.05) is 29.5 Å². The van der Waals surface area contributed by atoms with Crippen molar-refractivity contribution in [2.24, 2.45) is 0 Å². The molecule has 0 atom stereocenters. The third-order valence-corrected chi connectivity index (χ3v) is 4.74. The summed E-state index contributed by atoms with van der Waals surface area (Å²) < 4.78 is 15.6. The van der Waals surface area contributed by atoms with Gasteiger partial charge < -0.3 is 10.6 Å². The van der Waals surface area contributed by atoms with Crippen LogP contribution in [0.5, 0.6) is 0 Å². The summed E-state index contributed by atoms with van der Waals surface area (Å²) in [5, 5.41) is 6.22. The Labute approximate surface area is 173 Å². The molecule has 0 aliphatic heterocycles. The van der Waals surface area contributed by atoms with Crippen molar-refractivity contribution in [1.29, 1.82) is 0 Å². The van der Waals surface area contributed by atoms with Gasteiger partial charge in [-0.05, 0) is 24.6 Å². The number of carbonyl (C=O) groups excluding carboxylic acids is 1. The second kappa shape index (κ2) is 8.73. The second-order valence-corrected chi connectivity index (χ2v) is 7.07. The number of amides is 1. The Morgan fingerprint density at radius 3 is 2.87 bits per heavy atom. The van der Waals surface area contributed by atoms with Crippen LogP contribution in [0.15, 0.2) is 67.1 Å². The van der Waals surface area contributed by atoms with Gasteiger partial charge in [0, 0.05) is 37.5 Å². The average molecular weight is 403 g/mol.